The van der Waals surface area contributed by atoms with Crippen molar-refractivity contribution in [2.45, 2.75) is 0 Å². The molecular formula is C21H14N2O5. The SMILES string of the molecule is O=C1NN(c2ccc(-c3ccccc3)cc2)C(=O)C1=Cc1ccc(C(=O)O)o1. The first-order chi connectivity index (χ1) is 13.5. The fourth-order valence-electron chi connectivity index (χ4n) is 2.86. The summed E-state index contributed by atoms with van der Waals surface area (Å²) in [6, 6.07) is 19.6. The van der Waals surface area contributed by atoms with E-state index in [1.165, 1.54) is 18.2 Å². The topological polar surface area (TPSA) is 99.9 Å². The van der Waals surface area contributed by atoms with Gasteiger partial charge in [-0.15, -0.1) is 0 Å². The van der Waals surface area contributed by atoms with Gasteiger partial charge in [-0.3, -0.25) is 15.0 Å². The van der Waals surface area contributed by atoms with Crippen LogP contribution in [-0.2, 0) is 9.59 Å². The predicted octanol–water partition coefficient (Wildman–Crippen LogP) is 3.11. The smallest absolute Gasteiger partial charge is 0.371 e. The Morgan fingerprint density at radius 2 is 1.61 bits per heavy atom. The van der Waals surface area contributed by atoms with E-state index < -0.39 is 17.8 Å². The van der Waals surface area contributed by atoms with Gasteiger partial charge in [0.1, 0.15) is 11.3 Å². The van der Waals surface area contributed by atoms with Gasteiger partial charge in [-0.1, -0.05) is 42.5 Å². The molecule has 1 aliphatic heterocycles. The van der Waals surface area contributed by atoms with E-state index in [0.717, 1.165) is 16.1 Å². The Hall–Kier alpha value is -4.13. The maximum Gasteiger partial charge on any atom is 0.371 e. The third kappa shape index (κ3) is 3.16. The van der Waals surface area contributed by atoms with Gasteiger partial charge in [0.2, 0.25) is 5.76 Å². The number of anilines is 1. The molecule has 3 aromatic rings. The lowest BCUT2D eigenvalue weighted by molar-refractivity contribution is -0.117. The van der Waals surface area contributed by atoms with E-state index in [2.05, 4.69) is 5.43 Å². The number of nitrogens with one attached hydrogen (secondary N) is 1. The lowest BCUT2D eigenvalue weighted by Crippen LogP contribution is -2.35. The van der Waals surface area contributed by atoms with Crippen LogP contribution in [0.3, 0.4) is 0 Å². The molecule has 1 aromatic heterocycles. The van der Waals surface area contributed by atoms with Crippen LogP contribution < -0.4 is 10.4 Å². The van der Waals surface area contributed by atoms with E-state index in [1.807, 2.05) is 42.5 Å². The summed E-state index contributed by atoms with van der Waals surface area (Å²) in [5.41, 5.74) is 4.89. The molecule has 2 aromatic carbocycles. The number of hydrogen-bond acceptors (Lipinski definition) is 4. The van der Waals surface area contributed by atoms with Crippen LogP contribution in [0.25, 0.3) is 17.2 Å². The zero-order chi connectivity index (χ0) is 19.7. The molecule has 0 bridgehead atoms. The second-order valence-corrected chi connectivity index (χ2v) is 6.06. The molecular weight excluding hydrogens is 360 g/mol. The highest BCUT2D eigenvalue weighted by molar-refractivity contribution is 6.31. The number of carbonyl (C=O) groups is 3. The Morgan fingerprint density at radius 3 is 2.25 bits per heavy atom. The number of amides is 2. The van der Waals surface area contributed by atoms with Crippen molar-refractivity contribution in [3.63, 3.8) is 0 Å². The number of hydrogen-bond donors (Lipinski definition) is 2. The lowest BCUT2D eigenvalue weighted by atomic mass is 10.1. The minimum atomic E-state index is -1.23. The molecule has 7 nitrogen and oxygen atoms in total. The number of benzene rings is 2. The number of carboxylic acids is 1. The highest BCUT2D eigenvalue weighted by Gasteiger charge is 2.34. The molecule has 0 unspecified atom stereocenters. The van der Waals surface area contributed by atoms with E-state index in [0.29, 0.717) is 5.69 Å². The number of hydrazine groups is 1. The van der Waals surface area contributed by atoms with Crippen molar-refractivity contribution >= 4 is 29.5 Å². The molecule has 1 fully saturated rings. The first-order valence-electron chi connectivity index (χ1n) is 8.39. The van der Waals surface area contributed by atoms with Crippen LogP contribution >= 0.6 is 0 Å². The maximum absolute atomic E-state index is 12.6. The molecule has 4 rings (SSSR count). The van der Waals surface area contributed by atoms with Gasteiger partial charge >= 0.3 is 5.97 Å². The molecule has 2 amide bonds. The Labute approximate surface area is 159 Å². The summed E-state index contributed by atoms with van der Waals surface area (Å²) >= 11 is 0. The fraction of sp³-hybridized carbons (Fsp3) is 0. The van der Waals surface area contributed by atoms with Crippen LogP contribution in [0.2, 0.25) is 0 Å². The third-order valence-electron chi connectivity index (χ3n) is 4.25. The number of carboxylic acid groups (broad SMARTS) is 1. The number of nitrogens with zero attached hydrogens (tertiary/aromatic N) is 1. The molecule has 0 saturated carbocycles. The van der Waals surface area contributed by atoms with Crippen molar-refractivity contribution in [2.24, 2.45) is 0 Å². The van der Waals surface area contributed by atoms with Crippen molar-refractivity contribution in [2.75, 3.05) is 5.01 Å². The summed E-state index contributed by atoms with van der Waals surface area (Å²) in [6.07, 6.45) is 1.22. The van der Waals surface area contributed by atoms with Gasteiger partial charge in [0.05, 0.1) is 5.69 Å². The molecule has 1 aliphatic rings. The minimum Gasteiger partial charge on any atom is -0.475 e. The first-order valence-corrected chi connectivity index (χ1v) is 8.39. The monoisotopic (exact) mass is 374 g/mol. The largest absolute Gasteiger partial charge is 0.475 e. The number of rotatable bonds is 4. The summed E-state index contributed by atoms with van der Waals surface area (Å²) < 4.78 is 5.08. The molecule has 2 N–H and O–H groups in total. The van der Waals surface area contributed by atoms with Gasteiger partial charge in [-0.05, 0) is 41.5 Å². The van der Waals surface area contributed by atoms with Gasteiger partial charge in [0, 0.05) is 0 Å². The molecule has 2 heterocycles. The highest BCUT2D eigenvalue weighted by atomic mass is 16.4. The van der Waals surface area contributed by atoms with E-state index in [4.69, 9.17) is 9.52 Å². The standard InChI is InChI=1S/C21H14N2O5/c24-19-17(12-16-10-11-18(28-16)21(26)27)20(25)23(22-19)15-8-6-14(7-9-15)13-4-2-1-3-5-13/h1-12H,(H,22,24)(H,26,27). The van der Waals surface area contributed by atoms with Crippen LogP contribution in [0.15, 0.2) is 76.7 Å². The molecule has 0 spiro atoms. The van der Waals surface area contributed by atoms with E-state index >= 15 is 0 Å². The van der Waals surface area contributed by atoms with Crippen molar-refractivity contribution in [3.8, 4) is 11.1 Å². The maximum atomic E-state index is 12.6. The Morgan fingerprint density at radius 1 is 0.929 bits per heavy atom. The van der Waals surface area contributed by atoms with Gasteiger partial charge in [-0.25, -0.2) is 9.80 Å². The van der Waals surface area contributed by atoms with Crippen molar-refractivity contribution in [3.05, 3.63) is 83.8 Å². The number of aromatic carboxylic acids is 1. The van der Waals surface area contributed by atoms with E-state index in [-0.39, 0.29) is 17.1 Å². The summed E-state index contributed by atoms with van der Waals surface area (Å²) in [7, 11) is 0. The quantitative estimate of drug-likeness (QED) is 0.540. The minimum absolute atomic E-state index is 0.108. The van der Waals surface area contributed by atoms with Crippen molar-refractivity contribution in [1.29, 1.82) is 0 Å². The zero-order valence-electron chi connectivity index (χ0n) is 14.5. The van der Waals surface area contributed by atoms with Crippen LogP contribution in [-0.4, -0.2) is 22.9 Å². The Bertz CT molecular complexity index is 1100. The number of carbonyl (C=O) groups excluding carboxylic acids is 2. The Kier molecular flexibility index (Phi) is 4.25. The summed E-state index contributed by atoms with van der Waals surface area (Å²) in [6.45, 7) is 0. The van der Waals surface area contributed by atoms with Crippen molar-refractivity contribution in [1.82, 2.24) is 5.43 Å². The highest BCUT2D eigenvalue weighted by Crippen LogP contribution is 2.26. The predicted molar refractivity (Wildman–Crippen MR) is 101 cm³/mol. The Balaban J connectivity index is 1.58. The summed E-state index contributed by atoms with van der Waals surface area (Å²) in [5, 5.41) is 10.0. The molecule has 1 saturated heterocycles. The summed E-state index contributed by atoms with van der Waals surface area (Å²) in [5.74, 6) is -2.54. The van der Waals surface area contributed by atoms with E-state index in [9.17, 15) is 14.4 Å². The summed E-state index contributed by atoms with van der Waals surface area (Å²) in [4.78, 5) is 35.7. The van der Waals surface area contributed by atoms with Gasteiger partial charge in [0.25, 0.3) is 11.8 Å². The van der Waals surface area contributed by atoms with Crippen LogP contribution in [0.4, 0.5) is 5.69 Å². The molecule has 28 heavy (non-hydrogen) atoms. The van der Waals surface area contributed by atoms with Crippen LogP contribution in [0, 0.1) is 0 Å². The average Bonchev–Trinajstić information content (AvgIpc) is 3.29. The molecule has 0 radical (unpaired) electrons. The normalized spacial score (nSPS) is 15.1. The van der Waals surface area contributed by atoms with Gasteiger partial charge in [0.15, 0.2) is 0 Å². The second kappa shape index (κ2) is 6.88. The molecule has 138 valence electrons. The molecule has 7 heteroatoms. The lowest BCUT2D eigenvalue weighted by Gasteiger charge is -2.15. The molecule has 0 atom stereocenters. The first kappa shape index (κ1) is 17.3. The third-order valence-corrected chi connectivity index (χ3v) is 4.25. The van der Waals surface area contributed by atoms with Gasteiger partial charge in [-0.2, -0.15) is 0 Å². The van der Waals surface area contributed by atoms with Crippen LogP contribution in [0.5, 0.6) is 0 Å². The zero-order valence-corrected chi connectivity index (χ0v) is 14.5. The van der Waals surface area contributed by atoms with E-state index in [1.54, 1.807) is 12.1 Å². The fourth-order valence-corrected chi connectivity index (χ4v) is 2.86. The average molecular weight is 374 g/mol. The second-order valence-electron chi connectivity index (χ2n) is 6.06. The molecule has 0 aliphatic carbocycles. The number of furan rings is 1. The van der Waals surface area contributed by atoms with Crippen LogP contribution in [0.1, 0.15) is 16.3 Å². The van der Waals surface area contributed by atoms with Gasteiger partial charge < -0.3 is 9.52 Å². The van der Waals surface area contributed by atoms with Crippen molar-refractivity contribution < 1.29 is 23.9 Å².